The summed E-state index contributed by atoms with van der Waals surface area (Å²) in [5.41, 5.74) is 0.417. The highest BCUT2D eigenvalue weighted by molar-refractivity contribution is 6.42. The van der Waals surface area contributed by atoms with Crippen molar-refractivity contribution in [1.29, 1.82) is 0 Å². The molecule has 9 heteroatoms. The molecule has 0 radical (unpaired) electrons. The Labute approximate surface area is 180 Å². The van der Waals surface area contributed by atoms with Crippen molar-refractivity contribution in [3.05, 3.63) is 33.8 Å². The molecule has 2 heterocycles. The number of nitrogens with zero attached hydrogens (tertiary/aromatic N) is 2. The zero-order valence-electron chi connectivity index (χ0n) is 16.3. The van der Waals surface area contributed by atoms with Crippen molar-refractivity contribution in [3.8, 4) is 0 Å². The molecule has 0 atom stereocenters. The average molecular weight is 441 g/mol. The summed E-state index contributed by atoms with van der Waals surface area (Å²) in [6.45, 7) is 3.57. The monoisotopic (exact) mass is 440 g/mol. The van der Waals surface area contributed by atoms with Crippen molar-refractivity contribution in [2.45, 2.75) is 25.7 Å². The van der Waals surface area contributed by atoms with Crippen LogP contribution in [-0.4, -0.2) is 66.9 Å². The van der Waals surface area contributed by atoms with E-state index in [1.54, 1.807) is 12.1 Å². The van der Waals surface area contributed by atoms with Crippen LogP contribution in [0.4, 0.5) is 4.79 Å². The number of urea groups is 1. The first kappa shape index (κ1) is 21.7. The van der Waals surface area contributed by atoms with Crippen LogP contribution in [0.25, 0.3) is 0 Å². The molecule has 2 saturated heterocycles. The number of carbonyl (C=O) groups excluding carboxylic acids is 3. The molecular weight excluding hydrogens is 415 g/mol. The predicted molar refractivity (Wildman–Crippen MR) is 112 cm³/mol. The summed E-state index contributed by atoms with van der Waals surface area (Å²) < 4.78 is 0. The fourth-order valence-electron chi connectivity index (χ4n) is 3.69. The van der Waals surface area contributed by atoms with Gasteiger partial charge in [-0.1, -0.05) is 23.2 Å². The van der Waals surface area contributed by atoms with Crippen molar-refractivity contribution in [1.82, 2.24) is 20.4 Å². The highest BCUT2D eigenvalue weighted by Gasteiger charge is 2.30. The van der Waals surface area contributed by atoms with E-state index in [4.69, 9.17) is 23.2 Å². The maximum Gasteiger partial charge on any atom is 0.319 e. The van der Waals surface area contributed by atoms with Crippen LogP contribution in [0.5, 0.6) is 0 Å². The standard InChI is InChI=1S/C20H26Cl2N4O3/c21-16-4-3-15(13-17(16)22)19(28)24-8-7-23-18(27)14-5-11-26(12-6-14)20(29)25-9-1-2-10-25/h3-4,13-14H,1-2,5-12H2,(H,23,27)(H,24,28). The third-order valence-electron chi connectivity index (χ3n) is 5.40. The van der Waals surface area contributed by atoms with Gasteiger partial charge in [0.2, 0.25) is 5.91 Å². The van der Waals surface area contributed by atoms with Gasteiger partial charge >= 0.3 is 6.03 Å². The van der Waals surface area contributed by atoms with E-state index in [9.17, 15) is 14.4 Å². The summed E-state index contributed by atoms with van der Waals surface area (Å²) in [6.07, 6.45) is 3.49. The Morgan fingerprint density at radius 2 is 1.52 bits per heavy atom. The van der Waals surface area contributed by atoms with Gasteiger partial charge < -0.3 is 20.4 Å². The zero-order chi connectivity index (χ0) is 20.8. The maximum atomic E-state index is 12.4. The molecule has 3 rings (SSSR count). The quantitative estimate of drug-likeness (QED) is 0.690. The van der Waals surface area contributed by atoms with Gasteiger partial charge in [0.05, 0.1) is 10.0 Å². The van der Waals surface area contributed by atoms with Gasteiger partial charge in [-0.15, -0.1) is 0 Å². The molecule has 2 N–H and O–H groups in total. The van der Waals surface area contributed by atoms with Crippen LogP contribution >= 0.6 is 23.2 Å². The average Bonchev–Trinajstić information content (AvgIpc) is 3.27. The fourth-order valence-corrected chi connectivity index (χ4v) is 3.98. The largest absolute Gasteiger partial charge is 0.354 e. The number of halogens is 2. The first-order chi connectivity index (χ1) is 14.0. The number of hydrogen-bond donors (Lipinski definition) is 2. The van der Waals surface area contributed by atoms with Crippen LogP contribution in [-0.2, 0) is 4.79 Å². The Morgan fingerprint density at radius 1 is 0.897 bits per heavy atom. The van der Waals surface area contributed by atoms with Crippen LogP contribution < -0.4 is 10.6 Å². The molecule has 2 aliphatic rings. The molecule has 0 unspecified atom stereocenters. The third-order valence-corrected chi connectivity index (χ3v) is 6.14. The molecule has 2 aliphatic heterocycles. The fraction of sp³-hybridized carbons (Fsp3) is 0.550. The second-order valence-electron chi connectivity index (χ2n) is 7.41. The van der Waals surface area contributed by atoms with Gasteiger partial charge in [-0.2, -0.15) is 0 Å². The summed E-state index contributed by atoms with van der Waals surface area (Å²) in [4.78, 5) is 40.6. The number of carbonyl (C=O) groups is 3. The van der Waals surface area contributed by atoms with E-state index in [1.807, 2.05) is 9.80 Å². The summed E-state index contributed by atoms with van der Waals surface area (Å²) >= 11 is 11.8. The molecular formula is C20H26Cl2N4O3. The van der Waals surface area contributed by atoms with Gasteiger partial charge in [-0.3, -0.25) is 9.59 Å². The molecule has 0 aliphatic carbocycles. The SMILES string of the molecule is O=C(NCCNC(=O)C1CCN(C(=O)N2CCCC2)CC1)c1ccc(Cl)c(Cl)c1. The minimum Gasteiger partial charge on any atom is -0.354 e. The van der Waals surface area contributed by atoms with Crippen LogP contribution in [0.3, 0.4) is 0 Å². The van der Waals surface area contributed by atoms with Crippen LogP contribution in [0.2, 0.25) is 10.0 Å². The molecule has 29 heavy (non-hydrogen) atoms. The molecule has 0 bridgehead atoms. The topological polar surface area (TPSA) is 81.8 Å². The van der Waals surface area contributed by atoms with Crippen LogP contribution in [0, 0.1) is 5.92 Å². The Hall–Kier alpha value is -1.99. The van der Waals surface area contributed by atoms with Gasteiger partial charge in [-0.05, 0) is 43.9 Å². The van der Waals surface area contributed by atoms with Crippen molar-refractivity contribution in [3.63, 3.8) is 0 Å². The number of nitrogens with one attached hydrogen (secondary N) is 2. The first-order valence-electron chi connectivity index (χ1n) is 10.0. The Morgan fingerprint density at radius 3 is 2.17 bits per heavy atom. The van der Waals surface area contributed by atoms with Gasteiger partial charge in [0.15, 0.2) is 0 Å². The van der Waals surface area contributed by atoms with Crippen molar-refractivity contribution < 1.29 is 14.4 Å². The minimum absolute atomic E-state index is 0.0259. The molecule has 2 fully saturated rings. The minimum atomic E-state index is -0.272. The summed E-state index contributed by atoms with van der Waals surface area (Å²) in [5.74, 6) is -0.392. The van der Waals surface area contributed by atoms with Gasteiger partial charge in [0.25, 0.3) is 5.91 Å². The molecule has 1 aromatic carbocycles. The molecule has 4 amide bonds. The first-order valence-corrected chi connectivity index (χ1v) is 10.8. The van der Waals surface area contributed by atoms with Gasteiger partial charge in [0, 0.05) is 50.7 Å². The smallest absolute Gasteiger partial charge is 0.319 e. The van der Waals surface area contributed by atoms with Gasteiger partial charge in [0.1, 0.15) is 0 Å². The number of piperidine rings is 1. The van der Waals surface area contributed by atoms with E-state index in [0.717, 1.165) is 25.9 Å². The number of rotatable bonds is 5. The Bertz CT molecular complexity index is 760. The van der Waals surface area contributed by atoms with Crippen LogP contribution in [0.1, 0.15) is 36.0 Å². The molecule has 7 nitrogen and oxygen atoms in total. The number of benzene rings is 1. The number of hydrogen-bond acceptors (Lipinski definition) is 3. The van der Waals surface area contributed by atoms with E-state index < -0.39 is 0 Å². The zero-order valence-corrected chi connectivity index (χ0v) is 17.8. The van der Waals surface area contributed by atoms with Crippen molar-refractivity contribution >= 4 is 41.0 Å². The van der Waals surface area contributed by atoms with Crippen molar-refractivity contribution in [2.75, 3.05) is 39.3 Å². The molecule has 0 saturated carbocycles. The van der Waals surface area contributed by atoms with E-state index >= 15 is 0 Å². The van der Waals surface area contributed by atoms with Crippen LogP contribution in [0.15, 0.2) is 18.2 Å². The van der Waals surface area contributed by atoms with E-state index in [1.165, 1.54) is 6.07 Å². The van der Waals surface area contributed by atoms with E-state index in [2.05, 4.69) is 10.6 Å². The number of amides is 4. The number of likely N-dealkylation sites (tertiary alicyclic amines) is 2. The summed E-state index contributed by atoms with van der Waals surface area (Å²) in [5, 5.41) is 6.32. The highest BCUT2D eigenvalue weighted by Crippen LogP contribution is 2.22. The third kappa shape index (κ3) is 5.76. The lowest BCUT2D eigenvalue weighted by Crippen LogP contribution is -2.48. The normalized spacial score (nSPS) is 17.3. The molecule has 0 spiro atoms. The highest BCUT2D eigenvalue weighted by atomic mass is 35.5. The summed E-state index contributed by atoms with van der Waals surface area (Å²) in [7, 11) is 0. The van der Waals surface area contributed by atoms with E-state index in [-0.39, 0.29) is 23.8 Å². The maximum absolute atomic E-state index is 12.4. The Balaban J connectivity index is 1.34. The lowest BCUT2D eigenvalue weighted by Gasteiger charge is -2.34. The predicted octanol–water partition coefficient (Wildman–Crippen LogP) is 2.77. The van der Waals surface area contributed by atoms with Crippen molar-refractivity contribution in [2.24, 2.45) is 5.92 Å². The lowest BCUT2D eigenvalue weighted by atomic mass is 9.96. The molecule has 0 aromatic heterocycles. The Kier molecular flexibility index (Phi) is 7.61. The van der Waals surface area contributed by atoms with Gasteiger partial charge in [-0.25, -0.2) is 4.79 Å². The second-order valence-corrected chi connectivity index (χ2v) is 8.23. The second kappa shape index (κ2) is 10.2. The molecule has 1 aromatic rings. The van der Waals surface area contributed by atoms with E-state index in [0.29, 0.717) is 54.6 Å². The summed E-state index contributed by atoms with van der Waals surface area (Å²) in [6, 6.07) is 4.78. The molecule has 158 valence electrons. The lowest BCUT2D eigenvalue weighted by molar-refractivity contribution is -0.126.